The Morgan fingerprint density at radius 2 is 1.92 bits per heavy atom. The fraction of sp³-hybridized carbons (Fsp3) is 0.176. The normalized spacial score (nSPS) is 11.0. The summed E-state index contributed by atoms with van der Waals surface area (Å²) in [5.41, 5.74) is 1.89. The van der Waals surface area contributed by atoms with E-state index in [1.165, 1.54) is 23.9 Å². The van der Waals surface area contributed by atoms with Gasteiger partial charge in [-0.15, -0.1) is 10.2 Å². The Labute approximate surface area is 157 Å². The van der Waals surface area contributed by atoms with Crippen molar-refractivity contribution in [2.45, 2.75) is 24.4 Å². The first-order chi connectivity index (χ1) is 11.6. The van der Waals surface area contributed by atoms with Gasteiger partial charge in [0.1, 0.15) is 5.82 Å². The summed E-state index contributed by atoms with van der Waals surface area (Å²) in [7, 11) is 0. The molecule has 24 heavy (non-hydrogen) atoms. The minimum atomic E-state index is -0.331. The van der Waals surface area contributed by atoms with Crippen molar-refractivity contribution in [3.05, 3.63) is 63.3 Å². The van der Waals surface area contributed by atoms with Gasteiger partial charge in [0, 0.05) is 27.4 Å². The van der Waals surface area contributed by atoms with Gasteiger partial charge in [-0.25, -0.2) is 4.39 Å². The van der Waals surface area contributed by atoms with Crippen molar-refractivity contribution < 1.29 is 4.39 Å². The van der Waals surface area contributed by atoms with E-state index < -0.39 is 0 Å². The Hall–Kier alpha value is -1.37. The van der Waals surface area contributed by atoms with Crippen LogP contribution in [0, 0.1) is 5.82 Å². The maximum atomic E-state index is 13.1. The van der Waals surface area contributed by atoms with Crippen molar-refractivity contribution in [3.8, 4) is 11.4 Å². The van der Waals surface area contributed by atoms with E-state index in [9.17, 15) is 4.39 Å². The topological polar surface area (TPSA) is 30.7 Å². The standard InChI is InChI=1S/C17H14BrClFN3S/c1-2-23-16(11-3-6-13(18)7-4-11)21-22-17(23)24-10-12-5-8-14(20)9-15(12)19/h3-9H,2,10H2,1H3. The molecule has 3 nitrogen and oxygen atoms in total. The lowest BCUT2D eigenvalue weighted by atomic mass is 10.2. The van der Waals surface area contributed by atoms with Crippen molar-refractivity contribution in [2.24, 2.45) is 0 Å². The van der Waals surface area contributed by atoms with Crippen molar-refractivity contribution in [1.29, 1.82) is 0 Å². The minimum absolute atomic E-state index is 0.331. The van der Waals surface area contributed by atoms with E-state index >= 15 is 0 Å². The third-order valence-corrected chi connectivity index (χ3v) is 5.40. The van der Waals surface area contributed by atoms with Gasteiger partial charge in [-0.3, -0.25) is 0 Å². The summed E-state index contributed by atoms with van der Waals surface area (Å²) >= 11 is 11.1. The molecule has 0 amide bonds. The summed E-state index contributed by atoms with van der Waals surface area (Å²) in [6.45, 7) is 2.82. The van der Waals surface area contributed by atoms with E-state index in [1.54, 1.807) is 6.07 Å². The zero-order valence-corrected chi connectivity index (χ0v) is 16.0. The maximum Gasteiger partial charge on any atom is 0.191 e. The summed E-state index contributed by atoms with van der Waals surface area (Å²) in [5, 5.41) is 9.86. The maximum absolute atomic E-state index is 13.1. The van der Waals surface area contributed by atoms with Gasteiger partial charge in [0.15, 0.2) is 11.0 Å². The lowest BCUT2D eigenvalue weighted by Gasteiger charge is -2.08. The molecule has 3 aromatic rings. The van der Waals surface area contributed by atoms with E-state index in [-0.39, 0.29) is 5.82 Å². The molecule has 1 aromatic heterocycles. The van der Waals surface area contributed by atoms with Gasteiger partial charge >= 0.3 is 0 Å². The number of hydrogen-bond donors (Lipinski definition) is 0. The van der Waals surface area contributed by atoms with Gasteiger partial charge in [-0.2, -0.15) is 0 Å². The van der Waals surface area contributed by atoms with Crippen LogP contribution in [0.4, 0.5) is 4.39 Å². The minimum Gasteiger partial charge on any atom is -0.302 e. The SMILES string of the molecule is CCn1c(SCc2ccc(F)cc2Cl)nnc1-c1ccc(Br)cc1. The summed E-state index contributed by atoms with van der Waals surface area (Å²) < 4.78 is 16.2. The molecule has 0 saturated heterocycles. The van der Waals surface area contributed by atoms with Gasteiger partial charge in [0.05, 0.1) is 0 Å². The molecule has 0 fully saturated rings. The number of aromatic nitrogens is 3. The first-order valence-corrected chi connectivity index (χ1v) is 9.50. The molecular weight excluding hydrogens is 413 g/mol. The second kappa shape index (κ2) is 7.68. The summed E-state index contributed by atoms with van der Waals surface area (Å²) in [6.07, 6.45) is 0. The Morgan fingerprint density at radius 3 is 2.58 bits per heavy atom. The fourth-order valence-corrected chi connectivity index (χ4v) is 3.86. The molecule has 0 N–H and O–H groups in total. The van der Waals surface area contributed by atoms with Gasteiger partial charge < -0.3 is 4.57 Å². The molecule has 124 valence electrons. The fourth-order valence-electron chi connectivity index (χ4n) is 2.27. The quantitative estimate of drug-likeness (QED) is 0.482. The molecule has 0 saturated carbocycles. The van der Waals surface area contributed by atoms with Gasteiger partial charge in [-0.1, -0.05) is 57.5 Å². The smallest absolute Gasteiger partial charge is 0.191 e. The number of benzene rings is 2. The monoisotopic (exact) mass is 425 g/mol. The van der Waals surface area contributed by atoms with Crippen molar-refractivity contribution >= 4 is 39.3 Å². The Morgan fingerprint density at radius 1 is 1.17 bits per heavy atom. The Kier molecular flexibility index (Phi) is 5.58. The summed E-state index contributed by atoms with van der Waals surface area (Å²) in [6, 6.07) is 12.4. The third-order valence-electron chi connectivity index (χ3n) is 3.51. The molecule has 1 heterocycles. The highest BCUT2D eigenvalue weighted by molar-refractivity contribution is 9.10. The zero-order chi connectivity index (χ0) is 17.1. The molecule has 2 aromatic carbocycles. The van der Waals surface area contributed by atoms with Gasteiger partial charge in [0.25, 0.3) is 0 Å². The Bertz CT molecular complexity index is 852. The number of hydrogen-bond acceptors (Lipinski definition) is 3. The van der Waals surface area contributed by atoms with Gasteiger partial charge in [-0.05, 0) is 36.8 Å². The van der Waals surface area contributed by atoms with Crippen LogP contribution < -0.4 is 0 Å². The van der Waals surface area contributed by atoms with E-state index in [0.29, 0.717) is 10.8 Å². The predicted octanol–water partition coefficient (Wildman–Crippen LogP) is 5.81. The van der Waals surface area contributed by atoms with Gasteiger partial charge in [0.2, 0.25) is 0 Å². The summed E-state index contributed by atoms with van der Waals surface area (Å²) in [5.74, 6) is 1.11. The number of halogens is 3. The molecule has 0 bridgehead atoms. The lowest BCUT2D eigenvalue weighted by molar-refractivity contribution is 0.627. The van der Waals surface area contributed by atoms with Crippen LogP contribution in [0.5, 0.6) is 0 Å². The average Bonchev–Trinajstić information content (AvgIpc) is 2.97. The number of rotatable bonds is 5. The molecule has 0 aliphatic carbocycles. The molecule has 7 heteroatoms. The highest BCUT2D eigenvalue weighted by Crippen LogP contribution is 2.29. The van der Waals surface area contributed by atoms with Crippen LogP contribution in [-0.2, 0) is 12.3 Å². The van der Waals surface area contributed by atoms with Crippen LogP contribution in [0.15, 0.2) is 52.1 Å². The van der Waals surface area contributed by atoms with Crippen molar-refractivity contribution in [2.75, 3.05) is 0 Å². The van der Waals surface area contributed by atoms with Crippen LogP contribution in [0.3, 0.4) is 0 Å². The highest BCUT2D eigenvalue weighted by atomic mass is 79.9. The van der Waals surface area contributed by atoms with Crippen molar-refractivity contribution in [1.82, 2.24) is 14.8 Å². The molecule has 0 radical (unpaired) electrons. The van der Waals surface area contributed by atoms with Crippen LogP contribution in [0.1, 0.15) is 12.5 Å². The van der Waals surface area contributed by atoms with Crippen LogP contribution >= 0.6 is 39.3 Å². The molecule has 0 spiro atoms. The van der Waals surface area contributed by atoms with E-state index in [0.717, 1.165) is 33.1 Å². The molecule has 3 rings (SSSR count). The lowest BCUT2D eigenvalue weighted by Crippen LogP contribution is -2.00. The molecule has 0 aliphatic heterocycles. The second-order valence-corrected chi connectivity index (χ2v) is 7.35. The van der Waals surface area contributed by atoms with Crippen LogP contribution in [-0.4, -0.2) is 14.8 Å². The van der Waals surface area contributed by atoms with Crippen molar-refractivity contribution in [3.63, 3.8) is 0 Å². The van der Waals surface area contributed by atoms with Crippen LogP contribution in [0.2, 0.25) is 5.02 Å². The molecule has 0 unspecified atom stereocenters. The van der Waals surface area contributed by atoms with E-state index in [2.05, 4.69) is 37.6 Å². The summed E-state index contributed by atoms with van der Waals surface area (Å²) in [4.78, 5) is 0. The van der Waals surface area contributed by atoms with Crippen LogP contribution in [0.25, 0.3) is 11.4 Å². The first kappa shape index (κ1) is 17.5. The molecule has 0 atom stereocenters. The highest BCUT2D eigenvalue weighted by Gasteiger charge is 2.14. The number of thioether (sulfide) groups is 1. The Balaban J connectivity index is 1.83. The van der Waals surface area contributed by atoms with E-state index in [4.69, 9.17) is 11.6 Å². The zero-order valence-electron chi connectivity index (χ0n) is 12.8. The predicted molar refractivity (Wildman–Crippen MR) is 99.8 cm³/mol. The average molecular weight is 427 g/mol. The largest absolute Gasteiger partial charge is 0.302 e. The number of nitrogens with zero attached hydrogens (tertiary/aromatic N) is 3. The van der Waals surface area contributed by atoms with E-state index in [1.807, 2.05) is 24.3 Å². The second-order valence-electron chi connectivity index (χ2n) is 5.08. The first-order valence-electron chi connectivity index (χ1n) is 7.34. The third kappa shape index (κ3) is 3.82. The molecule has 0 aliphatic rings. The molecular formula is C17H14BrClFN3S.